The molecule has 0 amide bonds. The largest absolute Gasteiger partial charge is 0.401 e. The van der Waals surface area contributed by atoms with Gasteiger partial charge in [0.1, 0.15) is 0 Å². The lowest BCUT2D eigenvalue weighted by atomic mass is 9.82. The highest BCUT2D eigenvalue weighted by Crippen LogP contribution is 2.34. The second kappa shape index (κ2) is 6.44. The molecule has 0 spiro atoms. The van der Waals surface area contributed by atoms with Crippen LogP contribution in [0.2, 0.25) is 0 Å². The van der Waals surface area contributed by atoms with Crippen molar-refractivity contribution in [1.82, 2.24) is 10.2 Å². The third kappa shape index (κ3) is 4.81. The molecule has 0 aromatic heterocycles. The molecule has 2 heterocycles. The zero-order valence-electron chi connectivity index (χ0n) is 12.3. The van der Waals surface area contributed by atoms with Crippen LogP contribution in [-0.2, 0) is 0 Å². The maximum absolute atomic E-state index is 12.4. The van der Waals surface area contributed by atoms with E-state index in [4.69, 9.17) is 0 Å². The Kier molecular flexibility index (Phi) is 5.29. The van der Waals surface area contributed by atoms with Gasteiger partial charge in [0.2, 0.25) is 0 Å². The summed E-state index contributed by atoms with van der Waals surface area (Å²) in [6.07, 6.45) is -1.98. The van der Waals surface area contributed by atoms with Crippen molar-refractivity contribution in [2.24, 2.45) is 11.3 Å². The lowest BCUT2D eigenvalue weighted by Crippen LogP contribution is -2.48. The van der Waals surface area contributed by atoms with Crippen LogP contribution >= 0.6 is 11.8 Å². The predicted molar refractivity (Wildman–Crippen MR) is 78.1 cm³/mol. The summed E-state index contributed by atoms with van der Waals surface area (Å²) in [4.78, 5) is 1.53. The third-order valence-electron chi connectivity index (χ3n) is 4.54. The minimum atomic E-state index is -4.07. The summed E-state index contributed by atoms with van der Waals surface area (Å²) in [5.41, 5.74) is 0.301. The van der Waals surface area contributed by atoms with Gasteiger partial charge in [-0.2, -0.15) is 24.9 Å². The lowest BCUT2D eigenvalue weighted by Gasteiger charge is -2.39. The van der Waals surface area contributed by atoms with Gasteiger partial charge in [0.05, 0.1) is 6.54 Å². The van der Waals surface area contributed by atoms with Crippen molar-refractivity contribution < 1.29 is 13.2 Å². The summed E-state index contributed by atoms with van der Waals surface area (Å²) in [7, 11) is 0. The Morgan fingerprint density at radius 1 is 1.35 bits per heavy atom. The molecule has 2 atom stereocenters. The summed E-state index contributed by atoms with van der Waals surface area (Å²) in [6, 6.07) is 0.484. The first-order valence-electron chi connectivity index (χ1n) is 7.36. The van der Waals surface area contributed by atoms with Gasteiger partial charge < -0.3 is 5.32 Å². The van der Waals surface area contributed by atoms with Gasteiger partial charge in [-0.15, -0.1) is 0 Å². The van der Waals surface area contributed by atoms with Gasteiger partial charge in [-0.25, -0.2) is 0 Å². The van der Waals surface area contributed by atoms with E-state index in [1.54, 1.807) is 0 Å². The number of rotatable bonds is 4. The van der Waals surface area contributed by atoms with Crippen LogP contribution in [0.25, 0.3) is 0 Å². The summed E-state index contributed by atoms with van der Waals surface area (Å²) >= 11 is 1.97. The molecule has 6 heteroatoms. The second-order valence-electron chi connectivity index (χ2n) is 6.78. The molecule has 0 aromatic carbocycles. The predicted octanol–water partition coefficient (Wildman–Crippen LogP) is 2.99. The standard InChI is InChI=1S/C14H25F3N2S/c1-13(2)4-6-20-9-12(13)18-7-11-3-5-19(8-11)10-14(15,16)17/h11-12,18H,3-10H2,1-2H3. The fourth-order valence-corrected chi connectivity index (χ4v) is 4.70. The van der Waals surface area contributed by atoms with Crippen molar-refractivity contribution in [1.29, 1.82) is 0 Å². The topological polar surface area (TPSA) is 15.3 Å². The fourth-order valence-electron chi connectivity index (χ4n) is 3.06. The van der Waals surface area contributed by atoms with E-state index < -0.39 is 12.7 Å². The highest BCUT2D eigenvalue weighted by atomic mass is 32.2. The highest BCUT2D eigenvalue weighted by molar-refractivity contribution is 7.99. The molecule has 0 bridgehead atoms. The molecule has 0 radical (unpaired) electrons. The van der Waals surface area contributed by atoms with E-state index in [9.17, 15) is 13.2 Å². The molecular weight excluding hydrogens is 285 g/mol. The molecule has 2 rings (SSSR count). The summed E-state index contributed by atoms with van der Waals surface area (Å²) in [5.74, 6) is 2.69. The Morgan fingerprint density at radius 2 is 2.10 bits per heavy atom. The molecule has 0 aliphatic carbocycles. The summed E-state index contributed by atoms with van der Waals surface area (Å²) < 4.78 is 37.1. The summed E-state index contributed by atoms with van der Waals surface area (Å²) in [5, 5.41) is 3.61. The Labute approximate surface area is 123 Å². The van der Waals surface area contributed by atoms with E-state index in [0.717, 1.165) is 18.7 Å². The number of likely N-dealkylation sites (tertiary alicyclic amines) is 1. The first kappa shape index (κ1) is 16.4. The third-order valence-corrected chi connectivity index (χ3v) is 5.61. The molecular formula is C14H25F3N2S. The van der Waals surface area contributed by atoms with Crippen LogP contribution in [0.5, 0.6) is 0 Å². The van der Waals surface area contributed by atoms with Crippen LogP contribution in [0.15, 0.2) is 0 Å². The first-order chi connectivity index (χ1) is 9.26. The maximum atomic E-state index is 12.4. The zero-order chi connectivity index (χ0) is 14.8. The van der Waals surface area contributed by atoms with Crippen molar-refractivity contribution in [2.75, 3.05) is 37.7 Å². The molecule has 20 heavy (non-hydrogen) atoms. The van der Waals surface area contributed by atoms with Crippen LogP contribution in [0.3, 0.4) is 0 Å². The molecule has 2 unspecified atom stereocenters. The van der Waals surface area contributed by atoms with Crippen LogP contribution in [-0.4, -0.2) is 54.8 Å². The van der Waals surface area contributed by atoms with Gasteiger partial charge in [0.25, 0.3) is 0 Å². The monoisotopic (exact) mass is 310 g/mol. The maximum Gasteiger partial charge on any atom is 0.401 e. The van der Waals surface area contributed by atoms with Gasteiger partial charge in [-0.1, -0.05) is 13.8 Å². The Balaban J connectivity index is 1.73. The lowest BCUT2D eigenvalue weighted by molar-refractivity contribution is -0.143. The fraction of sp³-hybridized carbons (Fsp3) is 1.00. The molecule has 0 saturated carbocycles. The van der Waals surface area contributed by atoms with Crippen LogP contribution < -0.4 is 5.32 Å². The number of alkyl halides is 3. The van der Waals surface area contributed by atoms with Crippen LogP contribution in [0, 0.1) is 11.3 Å². The van der Waals surface area contributed by atoms with Gasteiger partial charge in [0.15, 0.2) is 0 Å². The molecule has 2 aliphatic rings. The van der Waals surface area contributed by atoms with E-state index in [0.29, 0.717) is 30.5 Å². The second-order valence-corrected chi connectivity index (χ2v) is 7.93. The minimum absolute atomic E-state index is 0.301. The van der Waals surface area contributed by atoms with Gasteiger partial charge in [-0.05, 0) is 43.0 Å². The van der Waals surface area contributed by atoms with Crippen molar-refractivity contribution in [3.63, 3.8) is 0 Å². The molecule has 2 aliphatic heterocycles. The quantitative estimate of drug-likeness (QED) is 0.859. The van der Waals surface area contributed by atoms with Crippen molar-refractivity contribution in [2.45, 2.75) is 38.9 Å². The van der Waals surface area contributed by atoms with Gasteiger partial charge in [-0.3, -0.25) is 4.90 Å². The van der Waals surface area contributed by atoms with Crippen molar-refractivity contribution in [3.8, 4) is 0 Å². The number of hydrogen-bond acceptors (Lipinski definition) is 3. The number of thioether (sulfide) groups is 1. The minimum Gasteiger partial charge on any atom is -0.312 e. The van der Waals surface area contributed by atoms with Crippen molar-refractivity contribution >= 4 is 11.8 Å². The molecule has 2 nitrogen and oxygen atoms in total. The highest BCUT2D eigenvalue weighted by Gasteiger charge is 2.36. The first-order valence-corrected chi connectivity index (χ1v) is 8.52. The van der Waals surface area contributed by atoms with Gasteiger partial charge >= 0.3 is 6.18 Å². The van der Waals surface area contributed by atoms with Crippen LogP contribution in [0.1, 0.15) is 26.7 Å². The van der Waals surface area contributed by atoms with Gasteiger partial charge in [0, 0.05) is 18.3 Å². The van der Waals surface area contributed by atoms with E-state index in [1.807, 2.05) is 11.8 Å². The molecule has 2 saturated heterocycles. The van der Waals surface area contributed by atoms with E-state index in [1.165, 1.54) is 17.1 Å². The van der Waals surface area contributed by atoms with E-state index in [2.05, 4.69) is 19.2 Å². The van der Waals surface area contributed by atoms with Crippen LogP contribution in [0.4, 0.5) is 13.2 Å². The zero-order valence-corrected chi connectivity index (χ0v) is 13.1. The number of nitrogens with one attached hydrogen (secondary N) is 1. The average molecular weight is 310 g/mol. The smallest absolute Gasteiger partial charge is 0.312 e. The number of hydrogen-bond donors (Lipinski definition) is 1. The Bertz CT molecular complexity index is 320. The molecule has 0 aromatic rings. The Morgan fingerprint density at radius 3 is 2.75 bits per heavy atom. The van der Waals surface area contributed by atoms with Crippen molar-refractivity contribution in [3.05, 3.63) is 0 Å². The van der Waals surface area contributed by atoms with E-state index in [-0.39, 0.29) is 0 Å². The molecule has 1 N–H and O–H groups in total. The Hall–Kier alpha value is 0.0600. The average Bonchev–Trinajstić information content (AvgIpc) is 2.72. The number of nitrogens with zero attached hydrogens (tertiary/aromatic N) is 1. The van der Waals surface area contributed by atoms with E-state index >= 15 is 0 Å². The molecule has 2 fully saturated rings. The summed E-state index contributed by atoms with van der Waals surface area (Å²) in [6.45, 7) is 5.82. The SMILES string of the molecule is CC1(C)CCSCC1NCC1CCN(CC(F)(F)F)C1. The molecule has 118 valence electrons. The number of halogens is 3. The normalized spacial score (nSPS) is 31.6.